The summed E-state index contributed by atoms with van der Waals surface area (Å²) in [7, 11) is 0.751. The van der Waals surface area contributed by atoms with Crippen molar-refractivity contribution in [3.63, 3.8) is 0 Å². The summed E-state index contributed by atoms with van der Waals surface area (Å²) in [5.41, 5.74) is -4.34. The van der Waals surface area contributed by atoms with E-state index in [2.05, 4.69) is 6.58 Å². The molecule has 0 saturated carbocycles. The van der Waals surface area contributed by atoms with Crippen LogP contribution in [-0.4, -0.2) is 60.2 Å². The van der Waals surface area contributed by atoms with Crippen molar-refractivity contribution in [2.24, 2.45) is 5.92 Å². The van der Waals surface area contributed by atoms with Crippen LogP contribution < -0.4 is 0 Å². The average Bonchev–Trinajstić information content (AvgIpc) is 3.19. The molecule has 236 valence electrons. The number of carbonyl (C=O) groups is 3. The molecule has 1 aromatic rings. The van der Waals surface area contributed by atoms with Gasteiger partial charge in [0.15, 0.2) is 12.2 Å². The van der Waals surface area contributed by atoms with Gasteiger partial charge in [-0.2, -0.15) is 13.2 Å². The van der Waals surface area contributed by atoms with Crippen LogP contribution in [0.3, 0.4) is 0 Å². The van der Waals surface area contributed by atoms with Crippen molar-refractivity contribution in [3.05, 3.63) is 71.3 Å². The van der Waals surface area contributed by atoms with Crippen molar-refractivity contribution < 1.29 is 51.6 Å². The number of fused-ring (bicyclic) bond motifs is 1. The van der Waals surface area contributed by atoms with Crippen LogP contribution in [0.25, 0.3) is 0 Å². The van der Waals surface area contributed by atoms with Gasteiger partial charge < -0.3 is 24.1 Å². The number of alkyl halides is 3. The lowest BCUT2D eigenvalue weighted by atomic mass is 9.80. The van der Waals surface area contributed by atoms with Crippen LogP contribution in [0.2, 0.25) is 0 Å². The predicted molar refractivity (Wildman–Crippen MR) is 150 cm³/mol. The number of halogens is 3. The van der Waals surface area contributed by atoms with Crippen molar-refractivity contribution >= 4 is 17.9 Å². The molecular weight excluding hydrogens is 569 g/mol. The van der Waals surface area contributed by atoms with E-state index in [1.165, 1.54) is 32.0 Å². The normalized spacial score (nSPS) is 31.2. The molecule has 0 radical (unpaired) electrons. The highest BCUT2D eigenvalue weighted by Crippen LogP contribution is 2.45. The zero-order chi connectivity index (χ0) is 32.2. The first-order chi connectivity index (χ1) is 20.0. The quantitative estimate of drug-likeness (QED) is 0.198. The largest absolute Gasteiger partial charge is 0.457 e. The molecule has 2 aliphatic rings. The van der Waals surface area contributed by atoms with E-state index >= 15 is 0 Å². The lowest BCUT2D eigenvalue weighted by Gasteiger charge is -2.39. The van der Waals surface area contributed by atoms with E-state index in [1.807, 2.05) is 19.1 Å². The maximum absolute atomic E-state index is 14.7. The fourth-order valence-corrected chi connectivity index (χ4v) is 5.55. The van der Waals surface area contributed by atoms with Crippen LogP contribution in [-0.2, 0) is 38.9 Å². The van der Waals surface area contributed by atoms with Gasteiger partial charge in [-0.1, -0.05) is 54.6 Å². The third-order valence-electron chi connectivity index (χ3n) is 8.12. The Labute approximate surface area is 249 Å². The highest BCUT2D eigenvalue weighted by molar-refractivity contribution is 5.91. The van der Waals surface area contributed by atoms with Crippen LogP contribution in [0, 0.1) is 5.92 Å². The third kappa shape index (κ3) is 7.38. The Hall–Kier alpha value is -3.44. The molecule has 0 spiro atoms. The molecule has 1 aliphatic heterocycles. The fraction of sp³-hybridized carbons (Fsp3) is 0.531. The van der Waals surface area contributed by atoms with Crippen LogP contribution in [0.4, 0.5) is 13.2 Å². The lowest BCUT2D eigenvalue weighted by molar-refractivity contribution is -0.281. The molecule has 0 bridgehead atoms. The number of hydrogen-bond donors (Lipinski definition) is 1. The minimum Gasteiger partial charge on any atom is -0.457 e. The zero-order valence-electron chi connectivity index (χ0n) is 25.0. The van der Waals surface area contributed by atoms with Gasteiger partial charge in [0, 0.05) is 31.1 Å². The Balaban J connectivity index is 2.14. The molecule has 1 saturated heterocycles. The van der Waals surface area contributed by atoms with Gasteiger partial charge in [0.2, 0.25) is 0 Å². The number of esters is 3. The van der Waals surface area contributed by atoms with Crippen molar-refractivity contribution in [2.75, 3.05) is 7.11 Å². The summed E-state index contributed by atoms with van der Waals surface area (Å²) >= 11 is 0. The van der Waals surface area contributed by atoms with Gasteiger partial charge in [-0.15, -0.1) is 0 Å². The van der Waals surface area contributed by atoms with E-state index in [4.69, 9.17) is 18.9 Å². The molecule has 0 amide bonds. The molecule has 8 nitrogen and oxygen atoms in total. The second-order valence-corrected chi connectivity index (χ2v) is 11.3. The molecule has 1 N–H and O–H groups in total. The summed E-state index contributed by atoms with van der Waals surface area (Å²) in [5.74, 6) is -4.21. The second-order valence-electron chi connectivity index (χ2n) is 11.3. The van der Waals surface area contributed by atoms with Gasteiger partial charge in [0.1, 0.15) is 6.10 Å². The van der Waals surface area contributed by atoms with Crippen LogP contribution >= 0.6 is 0 Å². The number of benzene rings is 1. The SMILES string of the molecule is C=C1C(=O)O[C@@H]2[C@@H]1C[C@H](OC(=O)[C@](OC)(c1ccccc1)C(F)(F)F)[C@](C)(O)CC/C=C(\C)CC/C=C(\C)[C@@H]2OC(C)=O. The molecular formula is C32H39F3O8. The zero-order valence-corrected chi connectivity index (χ0v) is 25.0. The molecule has 11 heteroatoms. The highest BCUT2D eigenvalue weighted by atomic mass is 19.4. The molecule has 1 heterocycles. The van der Waals surface area contributed by atoms with E-state index in [1.54, 1.807) is 6.92 Å². The van der Waals surface area contributed by atoms with E-state index in [0.717, 1.165) is 24.8 Å². The van der Waals surface area contributed by atoms with Crippen LogP contribution in [0.5, 0.6) is 0 Å². The van der Waals surface area contributed by atoms with E-state index in [-0.39, 0.29) is 18.4 Å². The molecule has 0 aromatic heterocycles. The second kappa shape index (κ2) is 13.5. The Bertz CT molecular complexity index is 1270. The Morgan fingerprint density at radius 3 is 2.33 bits per heavy atom. The van der Waals surface area contributed by atoms with Gasteiger partial charge in [-0.3, -0.25) is 4.79 Å². The van der Waals surface area contributed by atoms with E-state index in [0.29, 0.717) is 24.8 Å². The summed E-state index contributed by atoms with van der Waals surface area (Å²) in [5, 5.41) is 11.6. The molecule has 1 aromatic carbocycles. The van der Waals surface area contributed by atoms with Crippen molar-refractivity contribution in [3.8, 4) is 0 Å². The maximum Gasteiger partial charge on any atom is 0.432 e. The summed E-state index contributed by atoms with van der Waals surface area (Å²) in [4.78, 5) is 38.5. The molecule has 6 atom stereocenters. The average molecular weight is 609 g/mol. The number of carbonyl (C=O) groups excluding carboxylic acids is 3. The van der Waals surface area contributed by atoms with Crippen molar-refractivity contribution in [1.29, 1.82) is 0 Å². The van der Waals surface area contributed by atoms with Crippen molar-refractivity contribution in [2.45, 2.75) is 95.5 Å². The van der Waals surface area contributed by atoms with E-state index in [9.17, 15) is 32.7 Å². The minimum atomic E-state index is -5.24. The number of allylic oxidation sites excluding steroid dienone is 3. The Morgan fingerprint density at radius 1 is 1.09 bits per heavy atom. The molecule has 1 aliphatic carbocycles. The van der Waals surface area contributed by atoms with Crippen molar-refractivity contribution in [1.82, 2.24) is 0 Å². The molecule has 1 fully saturated rings. The number of rotatable bonds is 5. The summed E-state index contributed by atoms with van der Waals surface area (Å²) in [6.07, 6.45) is -3.99. The van der Waals surface area contributed by atoms with E-state index < -0.39 is 65.1 Å². The highest BCUT2D eigenvalue weighted by Gasteiger charge is 2.65. The molecule has 43 heavy (non-hydrogen) atoms. The monoisotopic (exact) mass is 608 g/mol. The van der Waals surface area contributed by atoms with Gasteiger partial charge in [-0.05, 0) is 58.4 Å². The lowest BCUT2D eigenvalue weighted by Crippen LogP contribution is -2.55. The predicted octanol–water partition coefficient (Wildman–Crippen LogP) is 5.64. The number of hydrogen-bond acceptors (Lipinski definition) is 8. The van der Waals surface area contributed by atoms with Gasteiger partial charge in [0.05, 0.1) is 5.60 Å². The van der Waals surface area contributed by atoms with Crippen LogP contribution in [0.1, 0.15) is 65.4 Å². The number of aliphatic hydroxyl groups is 1. The van der Waals surface area contributed by atoms with Crippen LogP contribution in [0.15, 0.2) is 65.8 Å². The summed E-state index contributed by atoms with van der Waals surface area (Å²) in [6.45, 7) is 9.99. The third-order valence-corrected chi connectivity index (χ3v) is 8.12. The first-order valence-corrected chi connectivity index (χ1v) is 14.0. The summed E-state index contributed by atoms with van der Waals surface area (Å²) < 4.78 is 65.6. The minimum absolute atomic E-state index is 0.0144. The molecule has 0 unspecified atom stereocenters. The topological polar surface area (TPSA) is 108 Å². The summed E-state index contributed by atoms with van der Waals surface area (Å²) in [6, 6.07) is 6.34. The standard InChI is InChI=1S/C32H39F3O8/c1-19-12-10-14-20(2)26(41-22(4)36)27-24(21(3)28(37)43-27)18-25(30(5,39)17-11-13-19)42-29(38)31(40-6,32(33,34)35)23-15-8-7-9-16-23/h7-9,13-16,24-27,39H,3,10-12,17-18H2,1-2,4-6H3/b19-13+,20-14+/t24-,25+,26+,27-,30-,31-/m1/s1. The number of ether oxygens (including phenoxy) is 4. The smallest absolute Gasteiger partial charge is 0.432 e. The Morgan fingerprint density at radius 2 is 1.74 bits per heavy atom. The van der Waals surface area contributed by atoms with Gasteiger partial charge in [0.25, 0.3) is 5.60 Å². The van der Waals surface area contributed by atoms with Gasteiger partial charge in [-0.25, -0.2) is 9.59 Å². The first-order valence-electron chi connectivity index (χ1n) is 14.0. The molecule has 3 rings (SSSR count). The first kappa shape index (κ1) is 34.1. The fourth-order valence-electron chi connectivity index (χ4n) is 5.55. The number of methoxy groups -OCH3 is 1. The maximum atomic E-state index is 14.7. The van der Waals surface area contributed by atoms with Gasteiger partial charge >= 0.3 is 24.1 Å². The Kier molecular flexibility index (Phi) is 10.7.